The third-order valence-corrected chi connectivity index (χ3v) is 10.6. The van der Waals surface area contributed by atoms with Crippen molar-refractivity contribution in [3.8, 4) is 0 Å². The van der Waals surface area contributed by atoms with Gasteiger partial charge in [-0.25, -0.2) is 0 Å². The fourth-order valence-corrected chi connectivity index (χ4v) is 5.09. The van der Waals surface area contributed by atoms with Crippen LogP contribution in [0.25, 0.3) is 0 Å². The van der Waals surface area contributed by atoms with E-state index in [-0.39, 0.29) is 29.0 Å². The van der Waals surface area contributed by atoms with Crippen LogP contribution >= 0.6 is 0 Å². The maximum Gasteiger partial charge on any atom is 0.0300 e. The van der Waals surface area contributed by atoms with Gasteiger partial charge in [0.1, 0.15) is 0 Å². The average molecular weight is 1020 g/mol. The minimum atomic E-state index is -1.06. The first kappa shape index (κ1) is 62.5. The highest BCUT2D eigenvalue weighted by molar-refractivity contribution is 4.65. The van der Waals surface area contributed by atoms with Gasteiger partial charge in [-0.05, 0) is 52.7 Å². The lowest BCUT2D eigenvalue weighted by Crippen LogP contribution is -2.03. The molecule has 4 aliphatic rings. The summed E-state index contributed by atoms with van der Waals surface area (Å²) in [6.45, 7) is 59.3. The molecule has 4 fully saturated rings. The van der Waals surface area contributed by atoms with Crippen molar-refractivity contribution in [3.05, 3.63) is 0 Å². The second kappa shape index (κ2) is 85.7. The van der Waals surface area contributed by atoms with E-state index in [9.17, 15) is 0 Å². The molecule has 70 heavy (non-hydrogen) atoms. The maximum absolute atomic E-state index is 7.63. The van der Waals surface area contributed by atoms with Gasteiger partial charge in [-0.3, -0.25) is 0 Å². The predicted octanol–water partition coefficient (Wildman–Crippen LogP) is 28.5. The summed E-state index contributed by atoms with van der Waals surface area (Å²) in [5.41, 5.74) is -0.229. The highest BCUT2D eigenvalue weighted by Gasteiger charge is 2.11. The molecule has 0 spiro atoms. The summed E-state index contributed by atoms with van der Waals surface area (Å²) in [6, 6.07) is 0. The number of rotatable bonds is 8. The Bertz CT molecular complexity index is 1160. The van der Waals surface area contributed by atoms with Crippen molar-refractivity contribution in [1.82, 2.24) is 0 Å². The van der Waals surface area contributed by atoms with Crippen molar-refractivity contribution in [3.63, 3.8) is 0 Å². The Kier molecular flexibility index (Phi) is 76.6. The molecule has 4 rings (SSSR count). The van der Waals surface area contributed by atoms with E-state index in [1.165, 1.54) is 109 Å². The van der Waals surface area contributed by atoms with Crippen LogP contribution in [0.2, 0.25) is 0 Å². The third-order valence-electron chi connectivity index (χ3n) is 10.6. The zero-order chi connectivity index (χ0) is 68.8. The summed E-state index contributed by atoms with van der Waals surface area (Å²) < 4.78 is 94.1. The van der Waals surface area contributed by atoms with Crippen LogP contribution in [0.3, 0.4) is 0 Å². The van der Waals surface area contributed by atoms with Gasteiger partial charge in [-0.2, -0.15) is 0 Å². The number of hydrogen-bond donors (Lipinski definition) is 0. The lowest BCUT2D eigenvalue weighted by molar-refractivity contribution is 0.349. The van der Waals surface area contributed by atoms with Crippen LogP contribution < -0.4 is 0 Å². The average Bonchev–Trinajstić information content (AvgIpc) is 4.03. The zero-order valence-electron chi connectivity index (χ0n) is 68.8. The van der Waals surface area contributed by atoms with Crippen LogP contribution in [-0.2, 0) is 0 Å². The van der Waals surface area contributed by atoms with Gasteiger partial charge in [-0.1, -0.05) is 407 Å². The van der Waals surface area contributed by atoms with E-state index in [2.05, 4.69) is 83.1 Å². The van der Waals surface area contributed by atoms with E-state index in [0.717, 1.165) is 63.2 Å². The highest BCUT2D eigenvalue weighted by atomic mass is 14.2. The minimum absolute atomic E-state index is 0.0556. The largest absolute Gasteiger partial charge is 0.0683 e. The van der Waals surface area contributed by atoms with Gasteiger partial charge in [-0.15, -0.1) is 0 Å². The van der Waals surface area contributed by atoms with Gasteiger partial charge in [0, 0.05) is 17.8 Å². The molecule has 0 N–H and O–H groups in total. The Morgan fingerprint density at radius 2 is 0.643 bits per heavy atom. The second-order valence-electron chi connectivity index (χ2n) is 22.3. The van der Waals surface area contributed by atoms with Crippen molar-refractivity contribution < 1.29 is 17.8 Å². The van der Waals surface area contributed by atoms with Crippen molar-refractivity contribution in [2.24, 2.45) is 52.7 Å². The quantitative estimate of drug-likeness (QED) is 0.227. The first-order valence-electron chi connectivity index (χ1n) is 37.1. The SMILES string of the molecule is CC.CC(C)C.CCC.CCC(C)C.CCCC.CCCCC.[2H]C(C)(C)C.[2H]C([2H])(C)C(C)(C)C.[2H]C([2H])(C)C(C)C.[2H]C([2H])(C)C1CCCC1.[2H]C([2H])(C)C1CCCCC1.[2H]C([2H])(C)CC.[2H]C1(C)CCCC1.[2H]C1(C)CCCCC1. The molecule has 0 heterocycles. The van der Waals surface area contributed by atoms with Crippen LogP contribution in [0.15, 0.2) is 0 Å². The molecule has 0 bridgehead atoms. The van der Waals surface area contributed by atoms with E-state index >= 15 is 0 Å². The molecular formula is C70H160. The second-order valence-corrected chi connectivity index (χ2v) is 22.3. The lowest BCUT2D eigenvalue weighted by atomic mass is 9.88. The van der Waals surface area contributed by atoms with Gasteiger partial charge >= 0.3 is 0 Å². The molecule has 0 atom stereocenters. The monoisotopic (exact) mass is 1010 g/mol. The number of hydrogen-bond acceptors (Lipinski definition) is 0. The van der Waals surface area contributed by atoms with Crippen molar-refractivity contribution in [1.29, 1.82) is 0 Å². The van der Waals surface area contributed by atoms with Crippen LogP contribution in [0.4, 0.5) is 0 Å². The molecule has 0 saturated heterocycles. The Labute approximate surface area is 475 Å². The first-order chi connectivity index (χ1) is 37.1. The van der Waals surface area contributed by atoms with Gasteiger partial charge in [0.15, 0.2) is 0 Å². The smallest absolute Gasteiger partial charge is 0.0300 e. The van der Waals surface area contributed by atoms with Gasteiger partial charge in [0.25, 0.3) is 0 Å². The van der Waals surface area contributed by atoms with Gasteiger partial charge < -0.3 is 0 Å². The van der Waals surface area contributed by atoms with Crippen LogP contribution in [0, 0.1) is 52.7 Å². The lowest BCUT2D eigenvalue weighted by Gasteiger charge is -2.18. The van der Waals surface area contributed by atoms with E-state index in [4.69, 9.17) is 17.8 Å². The van der Waals surface area contributed by atoms with Crippen molar-refractivity contribution in [2.45, 2.75) is 407 Å². The van der Waals surface area contributed by atoms with Gasteiger partial charge in [0.2, 0.25) is 0 Å². The molecule has 0 unspecified atom stereocenters. The summed E-state index contributed by atoms with van der Waals surface area (Å²) in [6.07, 6.45) is 26.6. The Balaban J connectivity index is -0.0000000878. The van der Waals surface area contributed by atoms with Crippen molar-refractivity contribution in [2.75, 3.05) is 0 Å². The normalized spacial score (nSPS) is 19.8. The summed E-state index contributed by atoms with van der Waals surface area (Å²) in [7, 11) is 0. The summed E-state index contributed by atoms with van der Waals surface area (Å²) >= 11 is 0. The Morgan fingerprint density at radius 1 is 0.443 bits per heavy atom. The minimum Gasteiger partial charge on any atom is -0.0683 e. The van der Waals surface area contributed by atoms with Crippen LogP contribution in [-0.4, -0.2) is 0 Å². The molecular weight excluding hydrogens is 841 g/mol. The molecule has 0 amide bonds. The molecule has 0 nitrogen and oxygen atoms in total. The Morgan fingerprint density at radius 3 is 0.729 bits per heavy atom. The first-order valence-corrected chi connectivity index (χ1v) is 30.6. The van der Waals surface area contributed by atoms with Crippen LogP contribution in [0.5, 0.6) is 0 Å². The summed E-state index contributed by atoms with van der Waals surface area (Å²) in [5.74, 6) is 2.15. The summed E-state index contributed by atoms with van der Waals surface area (Å²) in [4.78, 5) is 0. The third kappa shape index (κ3) is 151. The Hall–Kier alpha value is 0. The van der Waals surface area contributed by atoms with E-state index in [1.807, 2.05) is 90.0 Å². The van der Waals surface area contributed by atoms with Gasteiger partial charge in [0.05, 0.1) is 0 Å². The molecule has 0 aliphatic heterocycles. The molecule has 4 aliphatic carbocycles. The van der Waals surface area contributed by atoms with E-state index < -0.39 is 31.9 Å². The topological polar surface area (TPSA) is 0 Å². The molecule has 440 valence electrons. The standard InChI is InChI=1S/C8H16.2C7H14.C6H12.C6H14.3C5H12.4C4H10.C3H8.C2H6/c1-2-8-6-4-3-5-7-8;1-7-5-3-2-4-6-7;1-2-7-5-3-4-6-7;1-6-4-2-3-5-6;1-5-6(2,3)4;2*1-4-5(2)3;1-3-5-4-2;2*1-4(2)3;2*1-3-4-2;1-3-2;1-2/h8H,2-7H2,1H3;2*7H,2-6H2,1H3;6H,2-5H2,1H3;5H2,1-4H3;2*5H,4H2,1-3H3;3-5H2,1-2H3;2*4H,1-3H3;2*3-4H2,1-2H3;3H2,1-2H3;1-2H3/i2D2;7D;2D2;6D;5D2;4D2;;;4D;;3D2;;;. The molecule has 0 heteroatoms. The molecule has 0 aromatic heterocycles. The summed E-state index contributed by atoms with van der Waals surface area (Å²) in [5, 5.41) is 0. The maximum atomic E-state index is 7.63. The van der Waals surface area contributed by atoms with E-state index in [1.54, 1.807) is 34.6 Å². The molecule has 4 saturated carbocycles. The fourth-order valence-electron chi connectivity index (χ4n) is 5.09. The van der Waals surface area contributed by atoms with Crippen molar-refractivity contribution >= 4 is 0 Å². The zero-order valence-corrected chi connectivity index (χ0v) is 55.8. The predicted molar refractivity (Wildman–Crippen MR) is 344 cm³/mol. The van der Waals surface area contributed by atoms with Crippen LogP contribution in [0.1, 0.15) is 424 Å². The molecule has 0 aromatic carbocycles. The molecule has 0 radical (unpaired) electrons. The number of unbranched alkanes of at least 4 members (excludes halogenated alkanes) is 3. The van der Waals surface area contributed by atoms with E-state index in [0.29, 0.717) is 18.3 Å². The molecule has 0 aromatic rings. The highest BCUT2D eigenvalue weighted by Crippen LogP contribution is 2.27. The fraction of sp³-hybridized carbons (Fsp3) is 1.00.